The largest absolute Gasteiger partial charge is 0.488 e. The van der Waals surface area contributed by atoms with E-state index in [1.165, 1.54) is 6.42 Å². The highest BCUT2D eigenvalue weighted by Crippen LogP contribution is 2.30. The van der Waals surface area contributed by atoms with Gasteiger partial charge >= 0.3 is 0 Å². The van der Waals surface area contributed by atoms with Crippen LogP contribution in [0.2, 0.25) is 0 Å². The first-order chi connectivity index (χ1) is 17.5. The van der Waals surface area contributed by atoms with Gasteiger partial charge in [0, 0.05) is 25.0 Å². The molecule has 190 valence electrons. The van der Waals surface area contributed by atoms with E-state index < -0.39 is 0 Å². The number of carbonyl (C=O) groups excluding carboxylic acids is 2. The van der Waals surface area contributed by atoms with Gasteiger partial charge in [0.15, 0.2) is 0 Å². The van der Waals surface area contributed by atoms with Gasteiger partial charge in [-0.2, -0.15) is 0 Å². The number of fused-ring (bicyclic) bond motifs is 1. The Morgan fingerprint density at radius 3 is 2.39 bits per heavy atom. The highest BCUT2D eigenvalue weighted by Gasteiger charge is 2.29. The summed E-state index contributed by atoms with van der Waals surface area (Å²) in [6.07, 6.45) is 7.08. The van der Waals surface area contributed by atoms with E-state index in [4.69, 9.17) is 9.26 Å². The number of hydrogen-bond donors (Lipinski definition) is 1. The molecule has 7 nitrogen and oxygen atoms in total. The van der Waals surface area contributed by atoms with Crippen LogP contribution in [0, 0.1) is 19.8 Å². The first kappa shape index (κ1) is 24.3. The summed E-state index contributed by atoms with van der Waals surface area (Å²) in [6.45, 7) is 5.27. The quantitative estimate of drug-likeness (QED) is 0.506. The fraction of sp³-hybridized carbons (Fsp3) is 0.483. The van der Waals surface area contributed by atoms with Gasteiger partial charge in [0.05, 0.1) is 16.8 Å². The van der Waals surface area contributed by atoms with Crippen molar-refractivity contribution < 1.29 is 18.8 Å². The Kier molecular flexibility index (Phi) is 7.25. The molecule has 1 aliphatic heterocycles. The van der Waals surface area contributed by atoms with Gasteiger partial charge in [0.25, 0.3) is 5.91 Å². The minimum absolute atomic E-state index is 0.0356. The molecular formula is C29H35N3O4. The molecule has 7 heteroatoms. The average Bonchev–Trinajstić information content (AvgIpc) is 3.24. The summed E-state index contributed by atoms with van der Waals surface area (Å²) in [6, 6.07) is 12.0. The summed E-state index contributed by atoms with van der Waals surface area (Å²) >= 11 is 0. The molecule has 1 saturated heterocycles. The fourth-order valence-electron chi connectivity index (χ4n) is 5.44. The summed E-state index contributed by atoms with van der Waals surface area (Å²) in [5.41, 5.74) is 2.25. The van der Waals surface area contributed by atoms with Crippen molar-refractivity contribution in [3.8, 4) is 5.75 Å². The van der Waals surface area contributed by atoms with Crippen LogP contribution >= 0.6 is 0 Å². The van der Waals surface area contributed by atoms with Crippen molar-refractivity contribution in [3.63, 3.8) is 0 Å². The third kappa shape index (κ3) is 5.25. The molecule has 2 aliphatic rings. The molecule has 2 aromatic carbocycles. The highest BCUT2D eigenvalue weighted by molar-refractivity contribution is 6.01. The SMILES string of the molecule is Cc1noc(C)c1COc1cc2ccccc2cc1C(=O)N1CCC(NC(=O)C2CCCCC2)CC1. The first-order valence-corrected chi connectivity index (χ1v) is 13.2. The minimum Gasteiger partial charge on any atom is -0.488 e. The lowest BCUT2D eigenvalue weighted by Crippen LogP contribution is -2.48. The van der Waals surface area contributed by atoms with Gasteiger partial charge in [0.1, 0.15) is 18.1 Å². The van der Waals surface area contributed by atoms with Crippen molar-refractivity contribution in [2.75, 3.05) is 13.1 Å². The van der Waals surface area contributed by atoms with E-state index in [2.05, 4.69) is 10.5 Å². The summed E-state index contributed by atoms with van der Waals surface area (Å²) < 4.78 is 11.5. The van der Waals surface area contributed by atoms with Gasteiger partial charge in [-0.1, -0.05) is 48.7 Å². The van der Waals surface area contributed by atoms with Crippen LogP contribution in [0.4, 0.5) is 0 Å². The number of nitrogens with one attached hydrogen (secondary N) is 1. The predicted octanol–water partition coefficient (Wildman–Crippen LogP) is 5.32. The number of aryl methyl sites for hydroxylation is 2. The molecule has 36 heavy (non-hydrogen) atoms. The Labute approximate surface area is 212 Å². The lowest BCUT2D eigenvalue weighted by atomic mass is 9.88. The van der Waals surface area contributed by atoms with E-state index in [0.717, 1.165) is 66.3 Å². The Balaban J connectivity index is 1.28. The molecule has 2 amide bonds. The molecule has 1 saturated carbocycles. The third-order valence-electron chi connectivity index (χ3n) is 7.74. The topological polar surface area (TPSA) is 84.7 Å². The van der Waals surface area contributed by atoms with Crippen LogP contribution in [0.25, 0.3) is 10.8 Å². The Bertz CT molecular complexity index is 1220. The van der Waals surface area contributed by atoms with Crippen LogP contribution in [0.1, 0.15) is 72.3 Å². The van der Waals surface area contributed by atoms with Gasteiger partial charge in [-0.05, 0) is 62.4 Å². The van der Waals surface area contributed by atoms with Crippen LogP contribution < -0.4 is 10.1 Å². The Morgan fingerprint density at radius 2 is 1.72 bits per heavy atom. The van der Waals surface area contributed by atoms with Gasteiger partial charge < -0.3 is 19.5 Å². The molecule has 2 fully saturated rings. The maximum Gasteiger partial charge on any atom is 0.257 e. The zero-order valence-electron chi connectivity index (χ0n) is 21.2. The molecule has 1 aliphatic carbocycles. The second-order valence-electron chi connectivity index (χ2n) is 10.2. The maximum atomic E-state index is 13.7. The monoisotopic (exact) mass is 489 g/mol. The zero-order chi connectivity index (χ0) is 25.1. The van der Waals surface area contributed by atoms with Crippen molar-refractivity contribution in [1.29, 1.82) is 0 Å². The molecule has 3 aromatic rings. The van der Waals surface area contributed by atoms with E-state index in [1.807, 2.05) is 55.1 Å². The molecule has 0 atom stereocenters. The van der Waals surface area contributed by atoms with Crippen LogP contribution in [0.3, 0.4) is 0 Å². The molecule has 5 rings (SSSR count). The fourth-order valence-corrected chi connectivity index (χ4v) is 5.44. The van der Waals surface area contributed by atoms with Crippen LogP contribution in [0.15, 0.2) is 40.9 Å². The molecular weight excluding hydrogens is 454 g/mol. The second-order valence-corrected chi connectivity index (χ2v) is 10.2. The number of likely N-dealkylation sites (tertiary alicyclic amines) is 1. The molecule has 1 N–H and O–H groups in total. The summed E-state index contributed by atoms with van der Waals surface area (Å²) in [7, 11) is 0. The van der Waals surface area contributed by atoms with E-state index >= 15 is 0 Å². The van der Waals surface area contributed by atoms with E-state index in [1.54, 1.807) is 0 Å². The number of ether oxygens (including phenoxy) is 1. The molecule has 0 unspecified atom stereocenters. The van der Waals surface area contributed by atoms with Crippen molar-refractivity contribution in [2.24, 2.45) is 5.92 Å². The average molecular weight is 490 g/mol. The normalized spacial score (nSPS) is 17.3. The second kappa shape index (κ2) is 10.7. The summed E-state index contributed by atoms with van der Waals surface area (Å²) in [5, 5.41) is 9.28. The van der Waals surface area contributed by atoms with Crippen molar-refractivity contribution in [3.05, 3.63) is 59.0 Å². The number of carbonyl (C=O) groups is 2. The Hall–Kier alpha value is -3.35. The number of hydrogen-bond acceptors (Lipinski definition) is 5. The van der Waals surface area contributed by atoms with Crippen LogP contribution in [0.5, 0.6) is 5.75 Å². The number of nitrogens with zero attached hydrogens (tertiary/aromatic N) is 2. The maximum absolute atomic E-state index is 13.7. The molecule has 2 heterocycles. The van der Waals surface area contributed by atoms with E-state index in [-0.39, 0.29) is 30.4 Å². The van der Waals surface area contributed by atoms with Crippen molar-refractivity contribution in [2.45, 2.75) is 71.4 Å². The molecule has 1 aromatic heterocycles. The minimum atomic E-state index is -0.0356. The lowest BCUT2D eigenvalue weighted by Gasteiger charge is -2.34. The van der Waals surface area contributed by atoms with Crippen molar-refractivity contribution in [1.82, 2.24) is 15.4 Å². The number of benzene rings is 2. The first-order valence-electron chi connectivity index (χ1n) is 13.2. The Morgan fingerprint density at radius 1 is 1.03 bits per heavy atom. The molecule has 0 spiro atoms. The zero-order valence-corrected chi connectivity index (χ0v) is 21.2. The third-order valence-corrected chi connectivity index (χ3v) is 7.74. The smallest absolute Gasteiger partial charge is 0.257 e. The molecule has 0 radical (unpaired) electrons. The van der Waals surface area contributed by atoms with Gasteiger partial charge in [-0.15, -0.1) is 0 Å². The highest BCUT2D eigenvalue weighted by atomic mass is 16.5. The number of piperidine rings is 1. The van der Waals surface area contributed by atoms with Gasteiger partial charge in [-0.25, -0.2) is 0 Å². The van der Waals surface area contributed by atoms with Crippen LogP contribution in [-0.4, -0.2) is 41.0 Å². The van der Waals surface area contributed by atoms with Gasteiger partial charge in [0.2, 0.25) is 5.91 Å². The predicted molar refractivity (Wildman–Crippen MR) is 138 cm³/mol. The van der Waals surface area contributed by atoms with E-state index in [0.29, 0.717) is 24.4 Å². The van der Waals surface area contributed by atoms with Crippen molar-refractivity contribution >= 4 is 22.6 Å². The number of amides is 2. The van der Waals surface area contributed by atoms with Gasteiger partial charge in [-0.3, -0.25) is 9.59 Å². The van der Waals surface area contributed by atoms with Crippen LogP contribution in [-0.2, 0) is 11.4 Å². The molecule has 0 bridgehead atoms. The standard InChI is InChI=1S/C29H35N3O4/c1-19-26(20(2)36-31-19)18-35-27-17-23-11-7-6-10-22(23)16-25(27)29(34)32-14-12-24(13-15-32)30-28(33)21-8-4-3-5-9-21/h6-7,10-11,16-17,21,24H,3-5,8-9,12-15,18H2,1-2H3,(H,30,33). The lowest BCUT2D eigenvalue weighted by molar-refractivity contribution is -0.126. The van der Waals surface area contributed by atoms with E-state index in [9.17, 15) is 9.59 Å². The summed E-state index contributed by atoms with van der Waals surface area (Å²) in [5.74, 6) is 1.61. The number of aromatic nitrogens is 1. The summed E-state index contributed by atoms with van der Waals surface area (Å²) in [4.78, 5) is 28.2. The number of rotatable bonds is 6.